The second kappa shape index (κ2) is 9.53. The first-order chi connectivity index (χ1) is 12.1. The molecule has 0 saturated heterocycles. The molecule has 0 saturated carbocycles. The third kappa shape index (κ3) is 6.00. The highest BCUT2D eigenvalue weighted by atomic mass is 19.1. The Balaban J connectivity index is 1.69. The molecular weight excluding hydrogens is 329 g/mol. The summed E-state index contributed by atoms with van der Waals surface area (Å²) >= 11 is 0. The van der Waals surface area contributed by atoms with Gasteiger partial charge >= 0.3 is 5.91 Å². The Kier molecular flexibility index (Phi) is 7.09. The Hall–Kier alpha value is -2.74. The van der Waals surface area contributed by atoms with Crippen LogP contribution < -0.4 is 10.8 Å². The lowest BCUT2D eigenvalue weighted by Gasteiger charge is -2.03. The third-order valence-electron chi connectivity index (χ3n) is 3.57. The summed E-state index contributed by atoms with van der Waals surface area (Å²) in [6, 6.07) is 5.72. The van der Waals surface area contributed by atoms with Crippen LogP contribution in [-0.2, 0) is 4.79 Å². The molecule has 0 bridgehead atoms. The van der Waals surface area contributed by atoms with Crippen LogP contribution in [0.1, 0.15) is 42.8 Å². The number of hydrogen-bond donors (Lipinski definition) is 3. The molecule has 0 radical (unpaired) electrons. The zero-order chi connectivity index (χ0) is 18.1. The third-order valence-corrected chi connectivity index (χ3v) is 3.57. The fourth-order valence-corrected chi connectivity index (χ4v) is 2.22. The van der Waals surface area contributed by atoms with Crippen LogP contribution in [0.4, 0.5) is 4.39 Å². The monoisotopic (exact) mass is 349 g/mol. The first-order valence-electron chi connectivity index (χ1n) is 8.03. The van der Waals surface area contributed by atoms with Crippen LogP contribution in [0.25, 0.3) is 11.3 Å². The van der Waals surface area contributed by atoms with E-state index in [1.54, 1.807) is 17.6 Å². The van der Waals surface area contributed by atoms with Crippen molar-refractivity contribution in [1.29, 1.82) is 0 Å². The minimum Gasteiger partial charge on any atom is -0.432 e. The normalized spacial score (nSPS) is 10.5. The van der Waals surface area contributed by atoms with Gasteiger partial charge in [-0.15, -0.1) is 0 Å². The van der Waals surface area contributed by atoms with E-state index >= 15 is 0 Å². The standard InChI is InChI=1S/C17H20FN3O4/c18-13-8-6-12(7-9-13)14-11-20-17(25-14)16(23)19-10-4-2-1-3-5-15(22)21-24/h6-9,11,24H,1-5,10H2,(H,19,23)(H,21,22). The van der Waals surface area contributed by atoms with Crippen molar-refractivity contribution in [3.8, 4) is 11.3 Å². The lowest BCUT2D eigenvalue weighted by atomic mass is 10.1. The van der Waals surface area contributed by atoms with E-state index in [1.165, 1.54) is 18.3 Å². The van der Waals surface area contributed by atoms with Crippen molar-refractivity contribution in [2.75, 3.05) is 6.54 Å². The molecular formula is C17H20FN3O4. The van der Waals surface area contributed by atoms with Crippen LogP contribution in [0.15, 0.2) is 34.9 Å². The Morgan fingerprint density at radius 2 is 1.84 bits per heavy atom. The lowest BCUT2D eigenvalue weighted by Crippen LogP contribution is -2.24. The summed E-state index contributed by atoms with van der Waals surface area (Å²) in [4.78, 5) is 26.7. The molecule has 0 unspecified atom stereocenters. The van der Waals surface area contributed by atoms with E-state index in [0.29, 0.717) is 24.3 Å². The Morgan fingerprint density at radius 1 is 1.12 bits per heavy atom. The molecule has 2 aromatic rings. The van der Waals surface area contributed by atoms with Crippen LogP contribution in [0.3, 0.4) is 0 Å². The lowest BCUT2D eigenvalue weighted by molar-refractivity contribution is -0.129. The van der Waals surface area contributed by atoms with E-state index in [9.17, 15) is 14.0 Å². The second-order valence-electron chi connectivity index (χ2n) is 5.49. The van der Waals surface area contributed by atoms with E-state index in [2.05, 4.69) is 10.3 Å². The van der Waals surface area contributed by atoms with Crippen LogP contribution in [0.2, 0.25) is 0 Å². The molecule has 0 atom stereocenters. The Bertz CT molecular complexity index is 700. The minimum atomic E-state index is -0.409. The Labute approximate surface area is 144 Å². The number of aromatic nitrogens is 1. The molecule has 0 fully saturated rings. The number of halogens is 1. The van der Waals surface area contributed by atoms with Gasteiger partial charge in [-0.2, -0.15) is 0 Å². The average molecular weight is 349 g/mol. The van der Waals surface area contributed by atoms with Crippen molar-refractivity contribution >= 4 is 11.8 Å². The summed E-state index contributed by atoms with van der Waals surface area (Å²) in [5, 5.41) is 11.1. The van der Waals surface area contributed by atoms with Crippen LogP contribution in [-0.4, -0.2) is 28.6 Å². The molecule has 134 valence electrons. The number of carbonyl (C=O) groups is 2. The van der Waals surface area contributed by atoms with Crippen LogP contribution in [0, 0.1) is 5.82 Å². The number of nitrogens with zero attached hydrogens (tertiary/aromatic N) is 1. The summed E-state index contributed by atoms with van der Waals surface area (Å²) < 4.78 is 18.3. The van der Waals surface area contributed by atoms with Crippen molar-refractivity contribution < 1.29 is 23.6 Å². The van der Waals surface area contributed by atoms with Gasteiger partial charge in [0.15, 0.2) is 5.76 Å². The van der Waals surface area contributed by atoms with E-state index in [4.69, 9.17) is 9.62 Å². The maximum absolute atomic E-state index is 12.9. The quantitative estimate of drug-likeness (QED) is 0.367. The highest BCUT2D eigenvalue weighted by molar-refractivity contribution is 5.89. The van der Waals surface area contributed by atoms with Gasteiger partial charge in [-0.05, 0) is 37.1 Å². The van der Waals surface area contributed by atoms with E-state index < -0.39 is 11.8 Å². The number of rotatable bonds is 9. The molecule has 0 aliphatic carbocycles. The zero-order valence-corrected chi connectivity index (χ0v) is 13.6. The highest BCUT2D eigenvalue weighted by Crippen LogP contribution is 2.20. The van der Waals surface area contributed by atoms with Crippen molar-refractivity contribution in [1.82, 2.24) is 15.8 Å². The van der Waals surface area contributed by atoms with E-state index in [0.717, 1.165) is 19.3 Å². The highest BCUT2D eigenvalue weighted by Gasteiger charge is 2.13. The van der Waals surface area contributed by atoms with Crippen LogP contribution in [0.5, 0.6) is 0 Å². The molecule has 0 aliphatic rings. The molecule has 3 N–H and O–H groups in total. The molecule has 2 rings (SSSR count). The number of carbonyl (C=O) groups excluding carboxylic acids is 2. The largest absolute Gasteiger partial charge is 0.432 e. The molecule has 1 heterocycles. The molecule has 8 heteroatoms. The molecule has 7 nitrogen and oxygen atoms in total. The molecule has 1 aromatic heterocycles. The van der Waals surface area contributed by atoms with E-state index in [-0.39, 0.29) is 18.1 Å². The number of amides is 2. The van der Waals surface area contributed by atoms with Crippen molar-refractivity contribution in [2.45, 2.75) is 32.1 Å². The van der Waals surface area contributed by atoms with Crippen molar-refractivity contribution in [3.05, 3.63) is 42.2 Å². The summed E-state index contributed by atoms with van der Waals surface area (Å²) in [5.74, 6) is -0.799. The van der Waals surface area contributed by atoms with Crippen molar-refractivity contribution in [3.63, 3.8) is 0 Å². The maximum Gasteiger partial charge on any atom is 0.307 e. The minimum absolute atomic E-state index is 0.0426. The number of unbranched alkanes of at least 4 members (excludes halogenated alkanes) is 3. The first kappa shape index (κ1) is 18.6. The molecule has 0 spiro atoms. The Morgan fingerprint density at radius 3 is 2.56 bits per heavy atom. The predicted molar refractivity (Wildman–Crippen MR) is 87.2 cm³/mol. The summed E-state index contributed by atoms with van der Waals surface area (Å²) in [7, 11) is 0. The fraction of sp³-hybridized carbons (Fsp3) is 0.353. The predicted octanol–water partition coefficient (Wildman–Crippen LogP) is 2.67. The van der Waals surface area contributed by atoms with Gasteiger partial charge in [0.25, 0.3) is 5.89 Å². The SMILES string of the molecule is O=C(CCCCCCNC(=O)c1ncc(-c2ccc(F)cc2)o1)NO. The van der Waals surface area contributed by atoms with Gasteiger partial charge in [-0.1, -0.05) is 12.8 Å². The van der Waals surface area contributed by atoms with Crippen LogP contribution >= 0.6 is 0 Å². The number of hydrogen-bond acceptors (Lipinski definition) is 5. The molecule has 0 aliphatic heterocycles. The average Bonchev–Trinajstić information content (AvgIpc) is 3.11. The van der Waals surface area contributed by atoms with Gasteiger partial charge in [0.05, 0.1) is 6.20 Å². The van der Waals surface area contributed by atoms with Gasteiger partial charge in [-0.25, -0.2) is 14.9 Å². The number of hydroxylamine groups is 1. The maximum atomic E-state index is 12.9. The number of benzene rings is 1. The zero-order valence-electron chi connectivity index (χ0n) is 13.6. The van der Waals surface area contributed by atoms with Gasteiger partial charge in [0.2, 0.25) is 5.91 Å². The first-order valence-corrected chi connectivity index (χ1v) is 8.03. The van der Waals surface area contributed by atoms with Gasteiger partial charge in [0.1, 0.15) is 5.82 Å². The second-order valence-corrected chi connectivity index (χ2v) is 5.49. The summed E-state index contributed by atoms with van der Waals surface area (Å²) in [5.41, 5.74) is 2.22. The molecule has 1 aromatic carbocycles. The molecule has 25 heavy (non-hydrogen) atoms. The summed E-state index contributed by atoms with van der Waals surface area (Å²) in [6.45, 7) is 0.472. The van der Waals surface area contributed by atoms with Gasteiger partial charge < -0.3 is 9.73 Å². The summed E-state index contributed by atoms with van der Waals surface area (Å²) in [6.07, 6.45) is 4.83. The number of oxazole rings is 1. The van der Waals surface area contributed by atoms with Crippen molar-refractivity contribution in [2.24, 2.45) is 0 Å². The van der Waals surface area contributed by atoms with Gasteiger partial charge in [-0.3, -0.25) is 14.8 Å². The smallest absolute Gasteiger partial charge is 0.307 e. The topological polar surface area (TPSA) is 104 Å². The van der Waals surface area contributed by atoms with E-state index in [1.807, 2.05) is 0 Å². The fourth-order valence-electron chi connectivity index (χ4n) is 2.22. The number of nitrogens with one attached hydrogen (secondary N) is 2. The van der Waals surface area contributed by atoms with Gasteiger partial charge in [0, 0.05) is 18.5 Å². The molecule has 2 amide bonds.